The predicted molar refractivity (Wildman–Crippen MR) is 116 cm³/mol. The van der Waals surface area contributed by atoms with E-state index in [-0.39, 0.29) is 0 Å². The average Bonchev–Trinajstić information content (AvgIpc) is 2.42. The first-order valence-electron chi connectivity index (χ1n) is 9.69. The predicted octanol–water partition coefficient (Wildman–Crippen LogP) is 3.16. The van der Waals surface area contributed by atoms with Crippen LogP contribution in [0.1, 0.15) is 48.5 Å². The van der Waals surface area contributed by atoms with Crippen molar-refractivity contribution in [3.05, 3.63) is 24.0 Å². The Bertz CT molecular complexity index is 679. The highest BCUT2D eigenvalue weighted by atomic mass is 19.1. The summed E-state index contributed by atoms with van der Waals surface area (Å²) in [7, 11) is 4.29. The van der Waals surface area contributed by atoms with E-state index in [1.54, 1.807) is 40.7 Å². The van der Waals surface area contributed by atoms with Gasteiger partial charge in [-0.05, 0) is 72.2 Å². The highest BCUT2D eigenvalue weighted by Gasteiger charge is 2.36. The van der Waals surface area contributed by atoms with Crippen molar-refractivity contribution < 1.29 is 19.0 Å². The Morgan fingerprint density at radius 3 is 2.11 bits per heavy atom. The lowest BCUT2D eigenvalue weighted by molar-refractivity contribution is 0.0410. The second-order valence-electron chi connectivity index (χ2n) is 9.87. The summed E-state index contributed by atoms with van der Waals surface area (Å²) in [6.45, 7) is 13.8. The molecule has 0 fully saturated rings. The van der Waals surface area contributed by atoms with Crippen molar-refractivity contribution in [2.45, 2.75) is 65.0 Å². The van der Waals surface area contributed by atoms with Crippen LogP contribution in [-0.2, 0) is 4.74 Å². The Labute approximate surface area is 170 Å². The molecule has 0 spiro atoms. The van der Waals surface area contributed by atoms with E-state index in [0.29, 0.717) is 26.1 Å². The van der Waals surface area contributed by atoms with E-state index in [1.807, 2.05) is 32.8 Å². The van der Waals surface area contributed by atoms with Gasteiger partial charge in [-0.25, -0.2) is 9.18 Å². The Morgan fingerprint density at radius 2 is 1.64 bits per heavy atom. The molecule has 28 heavy (non-hydrogen) atoms. The van der Waals surface area contributed by atoms with Gasteiger partial charge in [0.2, 0.25) is 0 Å². The molecule has 1 amide bonds. The van der Waals surface area contributed by atoms with Crippen LogP contribution in [0.4, 0.5) is 14.9 Å². The van der Waals surface area contributed by atoms with Crippen LogP contribution in [0.2, 0.25) is 5.31 Å². The van der Waals surface area contributed by atoms with Crippen LogP contribution in [-0.4, -0.2) is 61.8 Å². The molecule has 0 aliphatic heterocycles. The number of likely N-dealkylation sites (N-methyl/N-ethyl adjacent to an activating group) is 1. The number of carbonyl (C=O) groups excluding carboxylic acids is 1. The van der Waals surface area contributed by atoms with Crippen molar-refractivity contribution in [2.24, 2.45) is 0 Å². The summed E-state index contributed by atoms with van der Waals surface area (Å²) in [6.07, 6.45) is -0.507. The highest BCUT2D eigenvalue weighted by Crippen LogP contribution is 2.36. The van der Waals surface area contributed by atoms with E-state index in [1.165, 1.54) is 17.0 Å². The third-order valence-electron chi connectivity index (χ3n) is 4.94. The number of benzene rings is 1. The molecule has 1 aromatic carbocycles. The standard InChI is InChI=1S/C21H36BFN2O3/c1-19(2,3)28-18(26)25(11-10-24(8)9)17-13-15(12-16(23)14-17)22-20(4,5)21(6,7)27/h12-14,22,27H,10-11H2,1-9H3. The van der Waals surface area contributed by atoms with Gasteiger partial charge in [0.1, 0.15) is 11.4 Å². The lowest BCUT2D eigenvalue weighted by Crippen LogP contribution is -2.43. The monoisotopic (exact) mass is 394 g/mol. The molecule has 0 radical (unpaired) electrons. The molecule has 0 unspecified atom stereocenters. The van der Waals surface area contributed by atoms with E-state index >= 15 is 0 Å². The van der Waals surface area contributed by atoms with Gasteiger partial charge in [-0.1, -0.05) is 19.3 Å². The molecule has 0 bridgehead atoms. The third-order valence-corrected chi connectivity index (χ3v) is 4.94. The molecule has 0 saturated heterocycles. The quantitative estimate of drug-likeness (QED) is 0.722. The molecule has 1 rings (SSSR count). The van der Waals surface area contributed by atoms with E-state index < -0.39 is 28.4 Å². The van der Waals surface area contributed by atoms with Crippen molar-refractivity contribution in [1.82, 2.24) is 4.90 Å². The minimum atomic E-state index is -0.935. The fraction of sp³-hybridized carbons (Fsp3) is 0.667. The first-order valence-corrected chi connectivity index (χ1v) is 9.69. The number of aliphatic hydroxyl groups is 1. The number of ether oxygens (including phenoxy) is 1. The molecular weight excluding hydrogens is 358 g/mol. The topological polar surface area (TPSA) is 53.0 Å². The fourth-order valence-corrected chi connectivity index (χ4v) is 2.56. The van der Waals surface area contributed by atoms with Gasteiger partial charge in [0.25, 0.3) is 0 Å². The summed E-state index contributed by atoms with van der Waals surface area (Å²) in [5.41, 5.74) is -0.403. The van der Waals surface area contributed by atoms with Gasteiger partial charge >= 0.3 is 6.09 Å². The molecule has 0 aliphatic rings. The first kappa shape index (κ1) is 24.4. The zero-order valence-electron chi connectivity index (χ0n) is 18.9. The molecule has 0 aromatic heterocycles. The summed E-state index contributed by atoms with van der Waals surface area (Å²) in [6, 6.07) is 4.60. The zero-order chi connectivity index (χ0) is 21.9. The zero-order valence-corrected chi connectivity index (χ0v) is 18.9. The van der Waals surface area contributed by atoms with E-state index in [4.69, 9.17) is 4.74 Å². The number of amides is 1. The first-order chi connectivity index (χ1) is 12.5. The van der Waals surface area contributed by atoms with Gasteiger partial charge in [-0.2, -0.15) is 0 Å². The summed E-state index contributed by atoms with van der Waals surface area (Å²) < 4.78 is 19.9. The molecular formula is C21H36BFN2O3. The van der Waals surface area contributed by atoms with Gasteiger partial charge in [-0.3, -0.25) is 4.90 Å². The number of rotatable bonds is 7. The van der Waals surface area contributed by atoms with Crippen LogP contribution in [0, 0.1) is 5.82 Å². The van der Waals surface area contributed by atoms with E-state index in [9.17, 15) is 14.3 Å². The van der Waals surface area contributed by atoms with Crippen molar-refractivity contribution in [3.8, 4) is 0 Å². The minimum absolute atomic E-state index is 0.375. The largest absolute Gasteiger partial charge is 0.443 e. The van der Waals surface area contributed by atoms with Gasteiger partial charge < -0.3 is 14.7 Å². The van der Waals surface area contributed by atoms with Crippen LogP contribution in [0.5, 0.6) is 0 Å². The molecule has 1 aromatic rings. The SMILES string of the molecule is CN(C)CCN(C(=O)OC(C)(C)C)c1cc(F)cc(BC(C)(C)C(C)(C)O)c1. The average molecular weight is 394 g/mol. The summed E-state index contributed by atoms with van der Waals surface area (Å²) >= 11 is 0. The van der Waals surface area contributed by atoms with Crippen molar-refractivity contribution in [1.29, 1.82) is 0 Å². The summed E-state index contributed by atoms with van der Waals surface area (Å²) in [4.78, 5) is 16.2. The normalized spacial score (nSPS) is 12.9. The van der Waals surface area contributed by atoms with Gasteiger partial charge in [0.05, 0.1) is 5.60 Å². The molecule has 1 N–H and O–H groups in total. The van der Waals surface area contributed by atoms with Crippen molar-refractivity contribution in [2.75, 3.05) is 32.1 Å². The lowest BCUT2D eigenvalue weighted by Gasteiger charge is -2.37. The van der Waals surface area contributed by atoms with E-state index in [0.717, 1.165) is 5.46 Å². The number of hydrogen-bond acceptors (Lipinski definition) is 4. The highest BCUT2D eigenvalue weighted by molar-refractivity contribution is 6.57. The van der Waals surface area contributed by atoms with Crippen molar-refractivity contribution in [3.63, 3.8) is 0 Å². The lowest BCUT2D eigenvalue weighted by atomic mass is 9.45. The second kappa shape index (κ2) is 8.83. The molecule has 5 nitrogen and oxygen atoms in total. The van der Waals surface area contributed by atoms with Gasteiger partial charge in [0, 0.05) is 18.8 Å². The minimum Gasteiger partial charge on any atom is -0.443 e. The van der Waals surface area contributed by atoms with Crippen molar-refractivity contribution >= 4 is 24.5 Å². The van der Waals surface area contributed by atoms with Gasteiger partial charge in [-0.15, -0.1) is 0 Å². The molecule has 0 aliphatic carbocycles. The molecule has 0 atom stereocenters. The Hall–Kier alpha value is -1.60. The Morgan fingerprint density at radius 1 is 1.07 bits per heavy atom. The molecule has 0 saturated carbocycles. The molecule has 0 heterocycles. The van der Waals surface area contributed by atoms with Crippen LogP contribution >= 0.6 is 0 Å². The van der Waals surface area contributed by atoms with Crippen LogP contribution in [0.15, 0.2) is 18.2 Å². The number of nitrogens with zero attached hydrogens (tertiary/aromatic N) is 2. The number of hydrogen-bond donors (Lipinski definition) is 1. The molecule has 7 heteroatoms. The van der Waals surface area contributed by atoms with Crippen LogP contribution in [0.25, 0.3) is 0 Å². The summed E-state index contributed by atoms with van der Waals surface area (Å²) in [5.74, 6) is -0.419. The van der Waals surface area contributed by atoms with Crippen LogP contribution in [0.3, 0.4) is 0 Å². The maximum atomic E-state index is 14.4. The van der Waals surface area contributed by atoms with Gasteiger partial charge in [0.15, 0.2) is 7.28 Å². The fourth-order valence-electron chi connectivity index (χ4n) is 2.56. The number of anilines is 1. The maximum absolute atomic E-state index is 14.4. The smallest absolute Gasteiger partial charge is 0.414 e. The second-order valence-corrected chi connectivity index (χ2v) is 9.87. The Balaban J connectivity index is 3.26. The number of carbonyl (C=O) groups is 1. The third kappa shape index (κ3) is 7.43. The van der Waals surface area contributed by atoms with Crippen LogP contribution < -0.4 is 10.4 Å². The Kier molecular flexibility index (Phi) is 7.70. The molecule has 158 valence electrons. The maximum Gasteiger partial charge on any atom is 0.414 e. The van der Waals surface area contributed by atoms with E-state index in [2.05, 4.69) is 0 Å². The number of halogens is 1. The summed E-state index contributed by atoms with van der Waals surface area (Å²) in [5, 5.41) is 9.96.